The average molecular weight is 309 g/mol. The van der Waals surface area contributed by atoms with Gasteiger partial charge in [0.25, 0.3) is 0 Å². The van der Waals surface area contributed by atoms with Gasteiger partial charge in [-0.3, -0.25) is 4.79 Å². The van der Waals surface area contributed by atoms with Gasteiger partial charge in [0.2, 0.25) is 10.0 Å². The van der Waals surface area contributed by atoms with Crippen LogP contribution in [0.15, 0.2) is 59.5 Å². The van der Waals surface area contributed by atoms with Crippen LogP contribution >= 0.6 is 0 Å². The smallest absolute Gasteiger partial charge is 0.326 e. The maximum Gasteiger partial charge on any atom is 0.326 e. The zero-order valence-electron chi connectivity index (χ0n) is 10.7. The first kappa shape index (κ1) is 15.1. The lowest BCUT2D eigenvalue weighted by Crippen LogP contribution is -2.33. The van der Waals surface area contributed by atoms with Crippen LogP contribution in [0.5, 0.6) is 0 Å². The summed E-state index contributed by atoms with van der Waals surface area (Å²) < 4.78 is 39.2. The Morgan fingerprint density at radius 1 is 1.05 bits per heavy atom. The van der Waals surface area contributed by atoms with Crippen molar-refractivity contribution in [1.82, 2.24) is 4.72 Å². The van der Waals surface area contributed by atoms with Crippen molar-refractivity contribution >= 4 is 16.0 Å². The van der Waals surface area contributed by atoms with E-state index in [0.29, 0.717) is 0 Å². The number of sulfonamides is 1. The number of hydrogen-bond acceptors (Lipinski definition) is 3. The van der Waals surface area contributed by atoms with Gasteiger partial charge in [-0.15, -0.1) is 0 Å². The van der Waals surface area contributed by atoms with Crippen LogP contribution < -0.4 is 4.72 Å². The predicted octanol–water partition coefficient (Wildman–Crippen LogP) is 1.93. The van der Waals surface area contributed by atoms with Gasteiger partial charge in [0.05, 0.1) is 4.90 Å². The number of carbonyl (C=O) groups is 1. The fourth-order valence-corrected chi connectivity index (χ4v) is 2.94. The van der Waals surface area contributed by atoms with Crippen LogP contribution in [0, 0.1) is 5.82 Å². The quantitative estimate of drug-likeness (QED) is 0.884. The number of hydrogen-bond donors (Lipinski definition) is 2. The molecule has 2 rings (SSSR count). The molecule has 110 valence electrons. The number of carboxylic acid groups (broad SMARTS) is 1. The lowest BCUT2D eigenvalue weighted by atomic mass is 10.1. The van der Waals surface area contributed by atoms with E-state index in [0.717, 1.165) is 12.1 Å². The Morgan fingerprint density at radius 2 is 1.62 bits per heavy atom. The normalized spacial score (nSPS) is 12.8. The van der Waals surface area contributed by atoms with E-state index in [4.69, 9.17) is 0 Å². The molecular formula is C14H12FNO4S. The second-order valence-electron chi connectivity index (χ2n) is 4.26. The highest BCUT2D eigenvalue weighted by molar-refractivity contribution is 7.89. The zero-order valence-corrected chi connectivity index (χ0v) is 11.5. The van der Waals surface area contributed by atoms with Crippen LogP contribution in [-0.4, -0.2) is 19.5 Å². The van der Waals surface area contributed by atoms with E-state index in [9.17, 15) is 22.7 Å². The van der Waals surface area contributed by atoms with Crippen molar-refractivity contribution in [2.24, 2.45) is 0 Å². The van der Waals surface area contributed by atoms with Gasteiger partial charge in [-0.1, -0.05) is 30.3 Å². The Balaban J connectivity index is 2.33. The fraction of sp³-hybridized carbons (Fsp3) is 0.0714. The first-order chi connectivity index (χ1) is 9.90. The molecule has 1 unspecified atom stereocenters. The molecule has 0 spiro atoms. The topological polar surface area (TPSA) is 83.5 Å². The number of aliphatic carboxylic acids is 1. The molecule has 7 heteroatoms. The van der Waals surface area contributed by atoms with E-state index in [1.54, 1.807) is 6.07 Å². The monoisotopic (exact) mass is 309 g/mol. The molecule has 0 bridgehead atoms. The Kier molecular flexibility index (Phi) is 4.35. The van der Waals surface area contributed by atoms with Gasteiger partial charge in [0.1, 0.15) is 11.9 Å². The van der Waals surface area contributed by atoms with Crippen molar-refractivity contribution in [1.29, 1.82) is 0 Å². The lowest BCUT2D eigenvalue weighted by Gasteiger charge is -2.15. The van der Waals surface area contributed by atoms with Crippen LogP contribution in [0.1, 0.15) is 11.6 Å². The summed E-state index contributed by atoms with van der Waals surface area (Å²) in [5.74, 6) is -1.91. The highest BCUT2D eigenvalue weighted by Gasteiger charge is 2.26. The van der Waals surface area contributed by atoms with Crippen molar-refractivity contribution in [2.45, 2.75) is 10.9 Å². The van der Waals surface area contributed by atoms with Gasteiger partial charge in [-0.05, 0) is 29.8 Å². The molecule has 0 saturated heterocycles. The van der Waals surface area contributed by atoms with E-state index in [-0.39, 0.29) is 10.5 Å². The van der Waals surface area contributed by atoms with Gasteiger partial charge in [-0.25, -0.2) is 12.8 Å². The molecule has 0 aliphatic rings. The summed E-state index contributed by atoms with van der Waals surface area (Å²) in [6.07, 6.45) is 0. The highest BCUT2D eigenvalue weighted by Crippen LogP contribution is 2.18. The van der Waals surface area contributed by atoms with Crippen LogP contribution in [0.4, 0.5) is 4.39 Å². The Labute approximate surface area is 121 Å². The summed E-state index contributed by atoms with van der Waals surface area (Å²) >= 11 is 0. The molecular weight excluding hydrogens is 297 g/mol. The third-order valence-electron chi connectivity index (χ3n) is 2.78. The van der Waals surface area contributed by atoms with Crippen molar-refractivity contribution < 1.29 is 22.7 Å². The summed E-state index contributed by atoms with van der Waals surface area (Å²) in [5.41, 5.74) is 0.142. The summed E-state index contributed by atoms with van der Waals surface area (Å²) in [4.78, 5) is 11.2. The average Bonchev–Trinajstić information content (AvgIpc) is 2.47. The molecule has 0 amide bonds. The third-order valence-corrected chi connectivity index (χ3v) is 4.22. The minimum absolute atomic E-state index is 0.0432. The maximum absolute atomic E-state index is 12.9. The standard InChI is InChI=1S/C14H12FNO4S/c15-11-8-6-10(7-9-11)13(14(17)18)16-21(19,20)12-4-2-1-3-5-12/h1-9,13,16H,(H,17,18). The van der Waals surface area contributed by atoms with E-state index in [2.05, 4.69) is 4.72 Å². The Hall–Kier alpha value is -2.25. The van der Waals surface area contributed by atoms with Gasteiger partial charge >= 0.3 is 5.97 Å². The van der Waals surface area contributed by atoms with Gasteiger partial charge in [0.15, 0.2) is 0 Å². The fourth-order valence-electron chi connectivity index (χ4n) is 1.74. The highest BCUT2D eigenvalue weighted by atomic mass is 32.2. The molecule has 0 aliphatic heterocycles. The van der Waals surface area contributed by atoms with E-state index < -0.39 is 27.9 Å². The minimum Gasteiger partial charge on any atom is -0.480 e. The second kappa shape index (κ2) is 6.02. The minimum atomic E-state index is -3.99. The SMILES string of the molecule is O=C(O)C(NS(=O)(=O)c1ccccc1)c1ccc(F)cc1. The molecule has 0 aromatic heterocycles. The number of carboxylic acids is 1. The number of benzene rings is 2. The van der Waals surface area contributed by atoms with Crippen LogP contribution in [0.2, 0.25) is 0 Å². The van der Waals surface area contributed by atoms with E-state index >= 15 is 0 Å². The van der Waals surface area contributed by atoms with Crippen LogP contribution in [-0.2, 0) is 14.8 Å². The van der Waals surface area contributed by atoms with Crippen molar-refractivity contribution in [2.75, 3.05) is 0 Å². The predicted molar refractivity (Wildman–Crippen MR) is 73.5 cm³/mol. The maximum atomic E-state index is 12.9. The third kappa shape index (κ3) is 3.65. The molecule has 2 aromatic rings. The molecule has 0 saturated carbocycles. The molecule has 2 N–H and O–H groups in total. The number of nitrogens with one attached hydrogen (secondary N) is 1. The van der Waals surface area contributed by atoms with E-state index in [1.807, 2.05) is 0 Å². The zero-order chi connectivity index (χ0) is 15.5. The number of rotatable bonds is 5. The molecule has 21 heavy (non-hydrogen) atoms. The first-order valence-electron chi connectivity index (χ1n) is 5.96. The lowest BCUT2D eigenvalue weighted by molar-refractivity contribution is -0.139. The Bertz CT molecular complexity index is 729. The van der Waals surface area contributed by atoms with Crippen LogP contribution in [0.3, 0.4) is 0 Å². The molecule has 2 aromatic carbocycles. The molecule has 0 radical (unpaired) electrons. The summed E-state index contributed by atoms with van der Waals surface area (Å²) in [7, 11) is -3.99. The first-order valence-corrected chi connectivity index (χ1v) is 7.44. The van der Waals surface area contributed by atoms with Crippen LogP contribution in [0.25, 0.3) is 0 Å². The summed E-state index contributed by atoms with van der Waals surface area (Å²) in [6.45, 7) is 0. The summed E-state index contributed by atoms with van der Waals surface area (Å²) in [5, 5.41) is 9.19. The van der Waals surface area contributed by atoms with Crippen molar-refractivity contribution in [3.05, 3.63) is 66.0 Å². The van der Waals surface area contributed by atoms with Crippen molar-refractivity contribution in [3.8, 4) is 0 Å². The largest absolute Gasteiger partial charge is 0.480 e. The molecule has 0 aliphatic carbocycles. The number of halogens is 1. The molecule has 0 fully saturated rings. The van der Waals surface area contributed by atoms with Crippen molar-refractivity contribution in [3.63, 3.8) is 0 Å². The van der Waals surface area contributed by atoms with Gasteiger partial charge in [0, 0.05) is 0 Å². The molecule has 1 atom stereocenters. The second-order valence-corrected chi connectivity index (χ2v) is 5.97. The Morgan fingerprint density at radius 3 is 2.14 bits per heavy atom. The molecule has 0 heterocycles. The van der Waals surface area contributed by atoms with Gasteiger partial charge < -0.3 is 5.11 Å². The van der Waals surface area contributed by atoms with Gasteiger partial charge in [-0.2, -0.15) is 4.72 Å². The summed E-state index contributed by atoms with van der Waals surface area (Å²) in [6, 6.07) is 10.5. The van der Waals surface area contributed by atoms with E-state index in [1.165, 1.54) is 36.4 Å². The molecule has 5 nitrogen and oxygen atoms in total.